The SMILES string of the molecule is Cc1nsc(N2CCS(=O)(=O)CC2CC(=O)O)n1. The zero-order chi connectivity index (χ0) is 13.3. The third kappa shape index (κ3) is 2.96. The lowest BCUT2D eigenvalue weighted by Gasteiger charge is -2.34. The first kappa shape index (κ1) is 13.2. The zero-order valence-electron chi connectivity index (χ0n) is 9.74. The summed E-state index contributed by atoms with van der Waals surface area (Å²) in [5.41, 5.74) is 0. The Labute approximate surface area is 109 Å². The van der Waals surface area contributed by atoms with Crippen LogP contribution in [0.4, 0.5) is 5.13 Å². The van der Waals surface area contributed by atoms with Gasteiger partial charge in [-0.3, -0.25) is 4.79 Å². The van der Waals surface area contributed by atoms with Crippen LogP contribution in [0.3, 0.4) is 0 Å². The number of carbonyl (C=O) groups is 1. The first-order valence-corrected chi connectivity index (χ1v) is 7.96. The van der Waals surface area contributed by atoms with E-state index in [4.69, 9.17) is 5.11 Å². The highest BCUT2D eigenvalue weighted by atomic mass is 32.2. The fourth-order valence-electron chi connectivity index (χ4n) is 1.91. The fraction of sp³-hybridized carbons (Fsp3) is 0.667. The number of hydrogen-bond donors (Lipinski definition) is 1. The number of aromatic nitrogens is 2. The van der Waals surface area contributed by atoms with E-state index >= 15 is 0 Å². The predicted octanol–water partition coefficient (Wildman–Crippen LogP) is -0.0754. The largest absolute Gasteiger partial charge is 0.481 e. The van der Waals surface area contributed by atoms with Crippen LogP contribution in [-0.4, -0.2) is 52.9 Å². The number of aliphatic carboxylic acids is 1. The van der Waals surface area contributed by atoms with E-state index in [1.165, 1.54) is 0 Å². The van der Waals surface area contributed by atoms with Crippen molar-refractivity contribution in [2.24, 2.45) is 0 Å². The third-order valence-corrected chi connectivity index (χ3v) is 5.24. The second-order valence-electron chi connectivity index (χ2n) is 4.18. The van der Waals surface area contributed by atoms with Crippen LogP contribution in [0.1, 0.15) is 12.2 Å². The lowest BCUT2D eigenvalue weighted by molar-refractivity contribution is -0.137. The molecule has 18 heavy (non-hydrogen) atoms. The molecule has 0 bridgehead atoms. The predicted molar refractivity (Wildman–Crippen MR) is 66.7 cm³/mol. The van der Waals surface area contributed by atoms with Crippen molar-refractivity contribution in [2.45, 2.75) is 19.4 Å². The van der Waals surface area contributed by atoms with Gasteiger partial charge in [0.1, 0.15) is 5.82 Å². The standard InChI is InChI=1S/C9H13N3O4S2/c1-6-10-9(17-11-6)12-2-3-18(15,16)5-7(12)4-8(13)14/h7H,2-5H2,1H3,(H,13,14). The van der Waals surface area contributed by atoms with Gasteiger partial charge in [-0.2, -0.15) is 4.37 Å². The Kier molecular flexibility index (Phi) is 3.53. The molecule has 2 rings (SSSR count). The summed E-state index contributed by atoms with van der Waals surface area (Å²) in [7, 11) is -3.16. The van der Waals surface area contributed by atoms with E-state index in [1.807, 2.05) is 0 Å². The van der Waals surface area contributed by atoms with Gasteiger partial charge in [0, 0.05) is 18.1 Å². The fourth-order valence-corrected chi connectivity index (χ4v) is 4.21. The first-order chi connectivity index (χ1) is 8.37. The van der Waals surface area contributed by atoms with Crippen molar-refractivity contribution in [1.29, 1.82) is 0 Å². The summed E-state index contributed by atoms with van der Waals surface area (Å²) in [6, 6.07) is -0.561. The van der Waals surface area contributed by atoms with Gasteiger partial charge < -0.3 is 10.0 Å². The van der Waals surface area contributed by atoms with Crippen molar-refractivity contribution >= 4 is 32.5 Å². The monoisotopic (exact) mass is 291 g/mol. The van der Waals surface area contributed by atoms with Gasteiger partial charge in [-0.1, -0.05) is 0 Å². The summed E-state index contributed by atoms with van der Waals surface area (Å²) >= 11 is 1.16. The number of anilines is 1. The number of sulfone groups is 1. The Balaban J connectivity index is 2.24. The van der Waals surface area contributed by atoms with E-state index in [9.17, 15) is 13.2 Å². The van der Waals surface area contributed by atoms with Gasteiger partial charge in [-0.25, -0.2) is 13.4 Å². The Morgan fingerprint density at radius 1 is 1.61 bits per heavy atom. The van der Waals surface area contributed by atoms with Crippen LogP contribution >= 0.6 is 11.5 Å². The molecule has 1 N–H and O–H groups in total. The number of aryl methyl sites for hydroxylation is 1. The molecule has 0 spiro atoms. The van der Waals surface area contributed by atoms with Crippen LogP contribution < -0.4 is 4.90 Å². The molecule has 1 saturated heterocycles. The first-order valence-electron chi connectivity index (χ1n) is 5.36. The van der Waals surface area contributed by atoms with Crippen molar-refractivity contribution in [2.75, 3.05) is 23.0 Å². The Hall–Kier alpha value is -1.22. The number of rotatable bonds is 3. The molecule has 0 amide bonds. The lowest BCUT2D eigenvalue weighted by atomic mass is 10.2. The molecule has 0 aliphatic carbocycles. The quantitative estimate of drug-likeness (QED) is 0.831. The van der Waals surface area contributed by atoms with Crippen molar-refractivity contribution in [3.8, 4) is 0 Å². The Bertz CT molecular complexity index is 554. The molecule has 1 aromatic heterocycles. The van der Waals surface area contributed by atoms with E-state index in [0.29, 0.717) is 11.0 Å². The average Bonchev–Trinajstić information content (AvgIpc) is 2.62. The van der Waals surface area contributed by atoms with Gasteiger partial charge in [-0.15, -0.1) is 0 Å². The topological polar surface area (TPSA) is 100 Å². The molecule has 9 heteroatoms. The summed E-state index contributed by atoms with van der Waals surface area (Å²) in [5.74, 6) is -0.513. The van der Waals surface area contributed by atoms with Gasteiger partial charge in [0.05, 0.1) is 24.0 Å². The van der Waals surface area contributed by atoms with Crippen molar-refractivity contribution in [1.82, 2.24) is 9.36 Å². The number of hydrogen-bond acceptors (Lipinski definition) is 7. The van der Waals surface area contributed by atoms with Gasteiger partial charge in [0.15, 0.2) is 9.84 Å². The van der Waals surface area contributed by atoms with Gasteiger partial charge in [0.2, 0.25) is 5.13 Å². The summed E-state index contributed by atoms with van der Waals surface area (Å²) in [6.45, 7) is 2.02. The maximum absolute atomic E-state index is 11.6. The minimum atomic E-state index is -3.16. The highest BCUT2D eigenvalue weighted by molar-refractivity contribution is 7.91. The van der Waals surface area contributed by atoms with Crippen molar-refractivity contribution in [3.63, 3.8) is 0 Å². The van der Waals surface area contributed by atoms with Crippen LogP contribution in [0.25, 0.3) is 0 Å². The Morgan fingerprint density at radius 2 is 2.33 bits per heavy atom. The summed E-state index contributed by atoms with van der Waals surface area (Å²) in [5, 5.41) is 9.44. The van der Waals surface area contributed by atoms with E-state index in [2.05, 4.69) is 9.36 Å². The molecule has 1 aliphatic heterocycles. The smallest absolute Gasteiger partial charge is 0.305 e. The molecular weight excluding hydrogens is 278 g/mol. The van der Waals surface area contributed by atoms with E-state index in [1.54, 1.807) is 11.8 Å². The molecule has 1 atom stereocenters. The van der Waals surface area contributed by atoms with E-state index in [-0.39, 0.29) is 24.5 Å². The van der Waals surface area contributed by atoms with Crippen LogP contribution in [-0.2, 0) is 14.6 Å². The maximum atomic E-state index is 11.6. The van der Waals surface area contributed by atoms with Crippen LogP contribution in [0.15, 0.2) is 0 Å². The lowest BCUT2D eigenvalue weighted by Crippen LogP contribution is -2.49. The minimum Gasteiger partial charge on any atom is -0.481 e. The van der Waals surface area contributed by atoms with E-state index < -0.39 is 21.8 Å². The molecule has 1 aliphatic rings. The van der Waals surface area contributed by atoms with Gasteiger partial charge in [0.25, 0.3) is 0 Å². The van der Waals surface area contributed by atoms with Gasteiger partial charge in [-0.05, 0) is 6.92 Å². The van der Waals surface area contributed by atoms with Gasteiger partial charge >= 0.3 is 5.97 Å². The summed E-state index contributed by atoms with van der Waals surface area (Å²) in [6.07, 6.45) is -0.210. The normalized spacial score (nSPS) is 22.9. The second-order valence-corrected chi connectivity index (χ2v) is 7.14. The molecule has 7 nitrogen and oxygen atoms in total. The zero-order valence-corrected chi connectivity index (χ0v) is 11.4. The molecule has 0 saturated carbocycles. The highest BCUT2D eigenvalue weighted by Crippen LogP contribution is 2.25. The average molecular weight is 291 g/mol. The second kappa shape index (κ2) is 4.81. The van der Waals surface area contributed by atoms with Crippen LogP contribution in [0, 0.1) is 6.92 Å². The van der Waals surface area contributed by atoms with Crippen LogP contribution in [0.2, 0.25) is 0 Å². The molecule has 0 radical (unpaired) electrons. The number of carboxylic acids is 1. The molecule has 0 aromatic carbocycles. The molecule has 2 heterocycles. The minimum absolute atomic E-state index is 0.0295. The summed E-state index contributed by atoms with van der Waals surface area (Å²) < 4.78 is 27.2. The molecule has 1 unspecified atom stereocenters. The molecule has 100 valence electrons. The number of carboxylic acid groups (broad SMARTS) is 1. The third-order valence-electron chi connectivity index (χ3n) is 2.70. The Morgan fingerprint density at radius 3 is 2.89 bits per heavy atom. The molecule has 1 fully saturated rings. The molecular formula is C9H13N3O4S2. The molecule has 1 aromatic rings. The van der Waals surface area contributed by atoms with Crippen molar-refractivity contribution in [3.05, 3.63) is 5.82 Å². The maximum Gasteiger partial charge on any atom is 0.305 e. The van der Waals surface area contributed by atoms with Crippen LogP contribution in [0.5, 0.6) is 0 Å². The van der Waals surface area contributed by atoms with Crippen molar-refractivity contribution < 1.29 is 18.3 Å². The highest BCUT2D eigenvalue weighted by Gasteiger charge is 2.34. The summed E-state index contributed by atoms with van der Waals surface area (Å²) in [4.78, 5) is 16.7. The number of nitrogens with zero attached hydrogens (tertiary/aromatic N) is 3. The van der Waals surface area contributed by atoms with E-state index in [0.717, 1.165) is 11.5 Å².